The van der Waals surface area contributed by atoms with Gasteiger partial charge in [0, 0.05) is 12.4 Å². The topological polar surface area (TPSA) is 55.3 Å². The van der Waals surface area contributed by atoms with Gasteiger partial charge in [-0.2, -0.15) is 0 Å². The summed E-state index contributed by atoms with van der Waals surface area (Å²) < 4.78 is 5.47. The number of rotatable bonds is 3. The van der Waals surface area contributed by atoms with E-state index in [1.807, 2.05) is 20.8 Å². The predicted molar refractivity (Wildman–Crippen MR) is 71.3 cm³/mol. The molecule has 104 valence electrons. The van der Waals surface area contributed by atoms with Gasteiger partial charge in [0.15, 0.2) is 0 Å². The fourth-order valence-electron chi connectivity index (χ4n) is 2.25. The fraction of sp³-hybridized carbons (Fsp3) is 0.643. The summed E-state index contributed by atoms with van der Waals surface area (Å²) in [5.74, 6) is 0.610. The zero-order chi connectivity index (χ0) is 13.9. The molecule has 1 aliphatic rings. The van der Waals surface area contributed by atoms with Gasteiger partial charge < -0.3 is 4.74 Å². The van der Waals surface area contributed by atoms with Crippen molar-refractivity contribution in [3.8, 4) is 0 Å². The molecule has 5 heteroatoms. The van der Waals surface area contributed by atoms with Crippen LogP contribution < -0.4 is 0 Å². The summed E-state index contributed by atoms with van der Waals surface area (Å²) in [6, 6.07) is 1.63. The number of hydrogen-bond donors (Lipinski definition) is 0. The molecule has 1 aromatic heterocycles. The van der Waals surface area contributed by atoms with Crippen molar-refractivity contribution in [3.63, 3.8) is 0 Å². The van der Waals surface area contributed by atoms with Crippen LogP contribution in [0.25, 0.3) is 0 Å². The van der Waals surface area contributed by atoms with Gasteiger partial charge in [-0.1, -0.05) is 0 Å². The highest BCUT2D eigenvalue weighted by Gasteiger charge is 2.34. The number of nitrogens with zero attached hydrogens (tertiary/aromatic N) is 3. The number of hydrogen-bond acceptors (Lipinski definition) is 5. The van der Waals surface area contributed by atoms with Crippen LogP contribution in [-0.2, 0) is 16.1 Å². The molecular weight excluding hydrogens is 242 g/mol. The Morgan fingerprint density at radius 3 is 2.74 bits per heavy atom. The second-order valence-corrected chi connectivity index (χ2v) is 5.83. The van der Waals surface area contributed by atoms with Gasteiger partial charge in [0.05, 0.1) is 6.54 Å². The third kappa shape index (κ3) is 3.99. The van der Waals surface area contributed by atoms with Crippen molar-refractivity contribution in [1.82, 2.24) is 14.9 Å². The van der Waals surface area contributed by atoms with Gasteiger partial charge in [-0.3, -0.25) is 9.69 Å². The Bertz CT molecular complexity index is 428. The van der Waals surface area contributed by atoms with Gasteiger partial charge in [-0.15, -0.1) is 0 Å². The predicted octanol–water partition coefficient (Wildman–Crippen LogP) is 1.78. The van der Waals surface area contributed by atoms with E-state index < -0.39 is 5.60 Å². The second-order valence-electron chi connectivity index (χ2n) is 5.83. The Labute approximate surface area is 114 Å². The molecule has 0 saturated carbocycles. The largest absolute Gasteiger partial charge is 0.459 e. The minimum Gasteiger partial charge on any atom is -0.459 e. The van der Waals surface area contributed by atoms with Crippen LogP contribution in [-0.4, -0.2) is 39.0 Å². The molecule has 19 heavy (non-hydrogen) atoms. The van der Waals surface area contributed by atoms with Crippen molar-refractivity contribution in [2.24, 2.45) is 0 Å². The van der Waals surface area contributed by atoms with Crippen LogP contribution in [0, 0.1) is 0 Å². The van der Waals surface area contributed by atoms with Gasteiger partial charge in [0.25, 0.3) is 0 Å². The van der Waals surface area contributed by atoms with E-state index in [0.717, 1.165) is 25.2 Å². The van der Waals surface area contributed by atoms with Gasteiger partial charge >= 0.3 is 5.97 Å². The smallest absolute Gasteiger partial charge is 0.323 e. The minimum absolute atomic E-state index is 0.138. The van der Waals surface area contributed by atoms with Crippen molar-refractivity contribution >= 4 is 5.97 Å². The molecule has 0 amide bonds. The van der Waals surface area contributed by atoms with Crippen LogP contribution in [0.4, 0.5) is 0 Å². The molecule has 0 N–H and O–H groups in total. The van der Waals surface area contributed by atoms with Gasteiger partial charge in [0.2, 0.25) is 0 Å². The van der Waals surface area contributed by atoms with Crippen molar-refractivity contribution in [3.05, 3.63) is 24.3 Å². The lowest BCUT2D eigenvalue weighted by molar-refractivity contribution is -0.160. The number of carbonyl (C=O) groups excluding carboxylic acids is 1. The molecule has 0 aliphatic carbocycles. The van der Waals surface area contributed by atoms with Crippen LogP contribution in [0.2, 0.25) is 0 Å². The summed E-state index contributed by atoms with van der Waals surface area (Å²) in [5.41, 5.74) is -0.436. The molecule has 0 spiro atoms. The van der Waals surface area contributed by atoms with Crippen LogP contribution in [0.5, 0.6) is 0 Å². The molecular formula is C14H21N3O2. The van der Waals surface area contributed by atoms with Gasteiger partial charge in [0.1, 0.15) is 17.5 Å². The Kier molecular flexibility index (Phi) is 4.14. The molecule has 0 bridgehead atoms. The standard InChI is InChI=1S/C14H21N3O2/c1-14(2,3)19-13(18)11-6-4-9-17(11)10-12-15-7-5-8-16-12/h5,7-8,11H,4,6,9-10H2,1-3H3/t11-/m1/s1. The van der Waals surface area contributed by atoms with Gasteiger partial charge in [-0.05, 0) is 46.2 Å². The summed E-state index contributed by atoms with van der Waals surface area (Å²) >= 11 is 0. The van der Waals surface area contributed by atoms with E-state index in [9.17, 15) is 4.79 Å². The van der Waals surface area contributed by atoms with Crippen molar-refractivity contribution < 1.29 is 9.53 Å². The molecule has 1 atom stereocenters. The normalized spacial score (nSPS) is 20.5. The molecule has 0 unspecified atom stereocenters. The molecule has 1 saturated heterocycles. The molecule has 2 heterocycles. The highest BCUT2D eigenvalue weighted by molar-refractivity contribution is 5.76. The molecule has 2 rings (SSSR count). The fourth-order valence-corrected chi connectivity index (χ4v) is 2.25. The quantitative estimate of drug-likeness (QED) is 0.778. The average Bonchev–Trinajstić information content (AvgIpc) is 2.76. The van der Waals surface area contributed by atoms with E-state index in [1.54, 1.807) is 18.5 Å². The zero-order valence-electron chi connectivity index (χ0n) is 11.8. The van der Waals surface area contributed by atoms with E-state index in [0.29, 0.717) is 6.54 Å². The molecule has 1 fully saturated rings. The summed E-state index contributed by atoms with van der Waals surface area (Å²) in [6.45, 7) is 7.17. The van der Waals surface area contributed by atoms with Crippen LogP contribution >= 0.6 is 0 Å². The Hall–Kier alpha value is -1.49. The second kappa shape index (κ2) is 5.65. The average molecular weight is 263 g/mol. The van der Waals surface area contributed by atoms with E-state index in [2.05, 4.69) is 14.9 Å². The molecule has 1 aromatic rings. The van der Waals surface area contributed by atoms with Crippen LogP contribution in [0.1, 0.15) is 39.4 Å². The first-order valence-corrected chi connectivity index (χ1v) is 6.68. The summed E-state index contributed by atoms with van der Waals surface area (Å²) in [4.78, 5) is 22.7. The van der Waals surface area contributed by atoms with E-state index >= 15 is 0 Å². The molecule has 5 nitrogen and oxygen atoms in total. The first-order chi connectivity index (χ1) is 8.96. The maximum absolute atomic E-state index is 12.2. The third-order valence-electron chi connectivity index (χ3n) is 3.01. The number of aromatic nitrogens is 2. The first-order valence-electron chi connectivity index (χ1n) is 6.68. The number of ether oxygens (including phenoxy) is 1. The van der Waals surface area contributed by atoms with Gasteiger partial charge in [-0.25, -0.2) is 9.97 Å². The lowest BCUT2D eigenvalue weighted by atomic mass is 10.1. The lowest BCUT2D eigenvalue weighted by Crippen LogP contribution is -2.40. The van der Waals surface area contributed by atoms with Crippen molar-refractivity contribution in [1.29, 1.82) is 0 Å². The van der Waals surface area contributed by atoms with Crippen molar-refractivity contribution in [2.45, 2.75) is 51.8 Å². The minimum atomic E-state index is -0.436. The Morgan fingerprint density at radius 2 is 2.11 bits per heavy atom. The monoisotopic (exact) mass is 263 g/mol. The zero-order valence-corrected chi connectivity index (χ0v) is 11.8. The maximum Gasteiger partial charge on any atom is 0.323 e. The lowest BCUT2D eigenvalue weighted by Gasteiger charge is -2.26. The van der Waals surface area contributed by atoms with E-state index in [4.69, 9.17) is 4.74 Å². The van der Waals surface area contributed by atoms with E-state index in [-0.39, 0.29) is 12.0 Å². The van der Waals surface area contributed by atoms with Crippen LogP contribution in [0.3, 0.4) is 0 Å². The molecule has 0 aromatic carbocycles. The van der Waals surface area contributed by atoms with Crippen molar-refractivity contribution in [2.75, 3.05) is 6.54 Å². The number of likely N-dealkylation sites (tertiary alicyclic amines) is 1. The summed E-state index contributed by atoms with van der Waals surface area (Å²) in [7, 11) is 0. The first kappa shape index (κ1) is 13.9. The Balaban J connectivity index is 1.99. The SMILES string of the molecule is CC(C)(C)OC(=O)[C@H]1CCCN1Cc1ncccn1. The maximum atomic E-state index is 12.2. The molecule has 0 radical (unpaired) electrons. The summed E-state index contributed by atoms with van der Waals surface area (Å²) in [5, 5.41) is 0. The number of carbonyl (C=O) groups is 1. The highest BCUT2D eigenvalue weighted by atomic mass is 16.6. The third-order valence-corrected chi connectivity index (χ3v) is 3.01. The number of esters is 1. The summed E-state index contributed by atoms with van der Waals surface area (Å²) in [6.07, 6.45) is 5.31. The Morgan fingerprint density at radius 1 is 1.42 bits per heavy atom. The van der Waals surface area contributed by atoms with E-state index in [1.165, 1.54) is 0 Å². The molecule has 1 aliphatic heterocycles. The highest BCUT2D eigenvalue weighted by Crippen LogP contribution is 2.22. The van der Waals surface area contributed by atoms with Crippen LogP contribution in [0.15, 0.2) is 18.5 Å².